The van der Waals surface area contributed by atoms with Gasteiger partial charge in [0.15, 0.2) is 23.0 Å². The molecule has 1 N–H and O–H groups in total. The van der Waals surface area contributed by atoms with E-state index >= 15 is 0 Å². The molecule has 0 saturated heterocycles. The van der Waals surface area contributed by atoms with Gasteiger partial charge in [0.1, 0.15) is 17.4 Å². The maximum absolute atomic E-state index is 13.5. The average Bonchev–Trinajstić information content (AvgIpc) is 3.76. The van der Waals surface area contributed by atoms with Crippen LogP contribution in [-0.4, -0.2) is 26.0 Å². The maximum atomic E-state index is 13.5. The fourth-order valence-electron chi connectivity index (χ4n) is 5.51. The molecular formula is C34H36N2O6S. The summed E-state index contributed by atoms with van der Waals surface area (Å²) in [6, 6.07) is 15.1. The number of aliphatic imine (C=N–C) groups is 1. The minimum Gasteiger partial charge on any atom is -0.493 e. The first-order valence-electron chi connectivity index (χ1n) is 14.5. The Balaban J connectivity index is 1.22. The van der Waals surface area contributed by atoms with Crippen molar-refractivity contribution in [3.8, 4) is 23.0 Å². The van der Waals surface area contributed by atoms with Crippen LogP contribution in [0.25, 0.3) is 0 Å². The van der Waals surface area contributed by atoms with Crippen molar-refractivity contribution < 1.29 is 28.2 Å². The molecule has 2 aromatic heterocycles. The lowest BCUT2D eigenvalue weighted by atomic mass is 9.72. The van der Waals surface area contributed by atoms with Crippen LogP contribution in [0.5, 0.6) is 23.0 Å². The second-order valence-electron chi connectivity index (χ2n) is 11.9. The molecule has 6 rings (SSSR count). The summed E-state index contributed by atoms with van der Waals surface area (Å²) in [6.45, 7) is 7.80. The fraction of sp³-hybridized carbons (Fsp3) is 0.353. The molecular weight excluding hydrogens is 564 g/mol. The number of hydrogen-bond acceptors (Lipinski definition) is 8. The van der Waals surface area contributed by atoms with Gasteiger partial charge < -0.3 is 28.7 Å². The summed E-state index contributed by atoms with van der Waals surface area (Å²) >= 11 is 1.62. The quantitative estimate of drug-likeness (QED) is 0.200. The molecule has 2 aliphatic rings. The summed E-state index contributed by atoms with van der Waals surface area (Å²) < 4.78 is 28.0. The van der Waals surface area contributed by atoms with Crippen molar-refractivity contribution in [2.24, 2.45) is 16.3 Å². The van der Waals surface area contributed by atoms with Crippen molar-refractivity contribution in [3.05, 3.63) is 87.7 Å². The van der Waals surface area contributed by atoms with E-state index in [1.54, 1.807) is 30.9 Å². The summed E-state index contributed by atoms with van der Waals surface area (Å²) in [5.41, 5.74) is 3.80. The number of amides is 1. The number of rotatable bonds is 9. The van der Waals surface area contributed by atoms with Crippen LogP contribution in [-0.2, 0) is 26.0 Å². The highest BCUT2D eigenvalue weighted by Gasteiger charge is 2.33. The number of carbonyl (C=O) groups excluding carboxylic acids is 1. The van der Waals surface area contributed by atoms with Crippen LogP contribution < -0.4 is 24.3 Å². The van der Waals surface area contributed by atoms with Crippen LogP contribution in [0.15, 0.2) is 64.2 Å². The third kappa shape index (κ3) is 6.41. The number of methoxy groups -OCH3 is 1. The summed E-state index contributed by atoms with van der Waals surface area (Å²) in [5.74, 6) is 3.82. The van der Waals surface area contributed by atoms with Gasteiger partial charge in [-0.1, -0.05) is 26.8 Å². The third-order valence-electron chi connectivity index (χ3n) is 8.05. The molecule has 4 aromatic rings. The lowest BCUT2D eigenvalue weighted by Gasteiger charge is -2.33. The highest BCUT2D eigenvalue weighted by Crippen LogP contribution is 2.45. The molecule has 0 radical (unpaired) electrons. The SMILES string of the molecule is COc1cc(C=Nc2sc3c(c2C(=O)NCc2ccco2)CC[C@@H](C(C)(C)C)C3)ccc1OCc1ccc2c(c1)OCO2. The Bertz CT molecular complexity index is 1630. The number of ether oxygens (including phenoxy) is 4. The zero-order valence-corrected chi connectivity index (χ0v) is 25.7. The summed E-state index contributed by atoms with van der Waals surface area (Å²) in [5, 5.41) is 3.75. The maximum Gasteiger partial charge on any atom is 0.255 e. The van der Waals surface area contributed by atoms with Gasteiger partial charge in [-0.25, -0.2) is 4.99 Å². The molecule has 8 nitrogen and oxygen atoms in total. The van der Waals surface area contributed by atoms with E-state index < -0.39 is 0 Å². The smallest absolute Gasteiger partial charge is 0.255 e. The number of fused-ring (bicyclic) bond motifs is 2. The molecule has 0 bridgehead atoms. The number of nitrogens with zero attached hydrogens (tertiary/aromatic N) is 1. The predicted octanol–water partition coefficient (Wildman–Crippen LogP) is 7.49. The Morgan fingerprint density at radius 2 is 1.98 bits per heavy atom. The van der Waals surface area contributed by atoms with Crippen LogP contribution in [0, 0.1) is 11.3 Å². The molecule has 1 aliphatic carbocycles. The summed E-state index contributed by atoms with van der Waals surface area (Å²) in [7, 11) is 1.62. The first-order valence-corrected chi connectivity index (χ1v) is 15.3. The van der Waals surface area contributed by atoms with Crippen LogP contribution in [0.2, 0.25) is 0 Å². The largest absolute Gasteiger partial charge is 0.493 e. The number of thiophene rings is 1. The standard InChI is InChI=1S/C34H36N2O6S/c1-34(2,3)23-9-10-25-30(16-23)43-33(31(25)32(37)35-18-24-6-5-13-39-24)36-17-21-7-11-26(28(14-21)38-4)40-19-22-8-12-27-29(15-22)42-20-41-27/h5-8,11-15,17,23H,9-10,16,18-20H2,1-4H3,(H,35,37)/t23-/m1/s1. The Morgan fingerprint density at radius 1 is 1.12 bits per heavy atom. The van der Waals surface area contributed by atoms with Crippen molar-refractivity contribution in [2.75, 3.05) is 13.9 Å². The van der Waals surface area contributed by atoms with E-state index in [0.717, 1.165) is 52.5 Å². The van der Waals surface area contributed by atoms with Crippen molar-refractivity contribution >= 4 is 28.5 Å². The lowest BCUT2D eigenvalue weighted by molar-refractivity contribution is 0.0947. The zero-order valence-electron chi connectivity index (χ0n) is 24.9. The number of hydrogen-bond donors (Lipinski definition) is 1. The van der Waals surface area contributed by atoms with E-state index in [1.165, 1.54) is 4.88 Å². The van der Waals surface area contributed by atoms with E-state index in [0.29, 0.717) is 41.9 Å². The van der Waals surface area contributed by atoms with Gasteiger partial charge in [0.05, 0.1) is 25.5 Å². The van der Waals surface area contributed by atoms with E-state index in [9.17, 15) is 4.79 Å². The monoisotopic (exact) mass is 600 g/mol. The minimum absolute atomic E-state index is 0.125. The third-order valence-corrected chi connectivity index (χ3v) is 9.21. The normalized spacial score (nSPS) is 15.9. The second kappa shape index (κ2) is 12.2. The van der Waals surface area contributed by atoms with Gasteiger partial charge in [-0.15, -0.1) is 11.3 Å². The summed E-state index contributed by atoms with van der Waals surface area (Å²) in [6.07, 6.45) is 6.28. The van der Waals surface area contributed by atoms with Gasteiger partial charge in [0.2, 0.25) is 6.79 Å². The van der Waals surface area contributed by atoms with Crippen LogP contribution >= 0.6 is 11.3 Å². The molecule has 1 aliphatic heterocycles. The molecule has 0 spiro atoms. The van der Waals surface area contributed by atoms with Crippen molar-refractivity contribution in [1.82, 2.24) is 5.32 Å². The number of carbonyl (C=O) groups is 1. The second-order valence-corrected chi connectivity index (χ2v) is 13.0. The topological polar surface area (TPSA) is 91.5 Å². The first kappa shape index (κ1) is 28.9. The molecule has 0 fully saturated rings. The Labute approximate surface area is 255 Å². The van der Waals surface area contributed by atoms with Gasteiger partial charge in [-0.05, 0) is 89.8 Å². The molecule has 0 unspecified atom stereocenters. The van der Waals surface area contributed by atoms with E-state index in [4.69, 9.17) is 28.4 Å². The number of benzene rings is 2. The van der Waals surface area contributed by atoms with Crippen molar-refractivity contribution in [3.63, 3.8) is 0 Å². The summed E-state index contributed by atoms with van der Waals surface area (Å²) in [4.78, 5) is 19.6. The average molecular weight is 601 g/mol. The van der Waals surface area contributed by atoms with Gasteiger partial charge in [0.25, 0.3) is 5.91 Å². The molecule has 1 atom stereocenters. The van der Waals surface area contributed by atoms with Gasteiger partial charge in [-0.3, -0.25) is 4.79 Å². The van der Waals surface area contributed by atoms with Crippen LogP contribution in [0.1, 0.15) is 64.9 Å². The van der Waals surface area contributed by atoms with Gasteiger partial charge in [0, 0.05) is 11.1 Å². The molecule has 0 saturated carbocycles. The molecule has 43 heavy (non-hydrogen) atoms. The van der Waals surface area contributed by atoms with E-state index in [2.05, 4.69) is 26.1 Å². The van der Waals surface area contributed by atoms with Gasteiger partial charge >= 0.3 is 0 Å². The molecule has 1 amide bonds. The number of furan rings is 1. The van der Waals surface area contributed by atoms with Crippen LogP contribution in [0.4, 0.5) is 5.00 Å². The Morgan fingerprint density at radius 3 is 2.77 bits per heavy atom. The first-order chi connectivity index (χ1) is 20.8. The van der Waals surface area contributed by atoms with E-state index in [-0.39, 0.29) is 18.1 Å². The highest BCUT2D eigenvalue weighted by atomic mass is 32.1. The molecule has 3 heterocycles. The molecule has 224 valence electrons. The van der Waals surface area contributed by atoms with Crippen molar-refractivity contribution in [1.29, 1.82) is 0 Å². The predicted molar refractivity (Wildman–Crippen MR) is 166 cm³/mol. The zero-order chi connectivity index (χ0) is 30.0. The van der Waals surface area contributed by atoms with Gasteiger partial charge in [-0.2, -0.15) is 0 Å². The van der Waals surface area contributed by atoms with Crippen LogP contribution in [0.3, 0.4) is 0 Å². The molecule has 9 heteroatoms. The highest BCUT2D eigenvalue weighted by molar-refractivity contribution is 7.16. The number of nitrogens with one attached hydrogen (secondary N) is 1. The van der Waals surface area contributed by atoms with E-state index in [1.807, 2.05) is 48.5 Å². The Hall–Kier alpha value is -4.24. The molecule has 2 aromatic carbocycles. The lowest BCUT2D eigenvalue weighted by Crippen LogP contribution is -2.28. The Kier molecular flexibility index (Phi) is 8.17. The van der Waals surface area contributed by atoms with Crippen molar-refractivity contribution in [2.45, 2.75) is 53.2 Å². The fourth-order valence-corrected chi connectivity index (χ4v) is 6.78. The minimum atomic E-state index is -0.125.